The van der Waals surface area contributed by atoms with E-state index in [1.807, 2.05) is 31.2 Å². The van der Waals surface area contributed by atoms with Crippen LogP contribution in [-0.2, 0) is 15.7 Å². The molecule has 0 aliphatic carbocycles. The van der Waals surface area contributed by atoms with Crippen LogP contribution < -0.4 is 14.5 Å². The molecule has 12 heteroatoms. The lowest BCUT2D eigenvalue weighted by molar-refractivity contribution is -0.140. The predicted octanol–water partition coefficient (Wildman–Crippen LogP) is 7.18. The average Bonchev–Trinajstić information content (AvgIpc) is 2.98. The van der Waals surface area contributed by atoms with Gasteiger partial charge in [0.2, 0.25) is 0 Å². The van der Waals surface area contributed by atoms with Crippen molar-refractivity contribution in [1.82, 2.24) is 4.98 Å². The van der Waals surface area contributed by atoms with Crippen molar-refractivity contribution in [2.75, 3.05) is 36.7 Å². The fraction of sp³-hybridized carbons (Fsp3) is 0.355. The van der Waals surface area contributed by atoms with Crippen LogP contribution in [0.2, 0.25) is 0 Å². The Balaban J connectivity index is 1.85. The topological polar surface area (TPSA) is 78.7 Å². The number of nitrogens with zero attached hydrogens (tertiary/aromatic N) is 4. The van der Waals surface area contributed by atoms with E-state index in [0.29, 0.717) is 43.2 Å². The summed E-state index contributed by atoms with van der Waals surface area (Å²) < 4.78 is 67.1. The quantitative estimate of drug-likeness (QED) is 0.0917. The van der Waals surface area contributed by atoms with Crippen molar-refractivity contribution in [3.05, 3.63) is 71.7 Å². The number of halogens is 4. The maximum Gasteiger partial charge on any atom is 0.420 e. The number of carbonyl (C=O) groups excluding carboxylic acids is 1. The summed E-state index contributed by atoms with van der Waals surface area (Å²) in [7, 11) is 1.28. The Morgan fingerprint density at radius 3 is 2.30 bits per heavy atom. The molecule has 228 valence electrons. The van der Waals surface area contributed by atoms with E-state index in [0.717, 1.165) is 35.4 Å². The molecule has 0 N–H and O–H groups in total. The molecule has 0 unspecified atom stereocenters. The molecule has 0 saturated heterocycles. The lowest BCUT2D eigenvalue weighted by Gasteiger charge is -2.39. The number of hydrogen-bond donors (Lipinski definition) is 0. The second-order valence-electron chi connectivity index (χ2n) is 10.1. The van der Waals surface area contributed by atoms with E-state index in [2.05, 4.69) is 4.98 Å². The van der Waals surface area contributed by atoms with E-state index < -0.39 is 34.3 Å². The number of benzene rings is 2. The van der Waals surface area contributed by atoms with Gasteiger partial charge in [-0.25, -0.2) is 4.39 Å². The van der Waals surface area contributed by atoms with Crippen LogP contribution in [0.5, 0.6) is 5.75 Å². The van der Waals surface area contributed by atoms with Crippen LogP contribution in [0, 0.1) is 17.1 Å². The van der Waals surface area contributed by atoms with Crippen molar-refractivity contribution >= 4 is 35.0 Å². The van der Waals surface area contributed by atoms with Gasteiger partial charge in [-0.3, -0.25) is 4.98 Å². The summed E-state index contributed by atoms with van der Waals surface area (Å²) in [4.78, 5) is 19.0. The van der Waals surface area contributed by atoms with Crippen molar-refractivity contribution in [2.45, 2.75) is 45.3 Å². The molecule has 2 aromatic carbocycles. The van der Waals surface area contributed by atoms with Gasteiger partial charge in [-0.1, -0.05) is 0 Å². The summed E-state index contributed by atoms with van der Waals surface area (Å²) in [6, 6.07) is 14.0. The Morgan fingerprint density at radius 1 is 1.07 bits per heavy atom. The maximum atomic E-state index is 15.2. The van der Waals surface area contributed by atoms with E-state index in [1.165, 1.54) is 24.2 Å². The van der Waals surface area contributed by atoms with Crippen LogP contribution in [0.4, 0.5) is 28.9 Å². The van der Waals surface area contributed by atoms with Crippen molar-refractivity contribution in [3.8, 4) is 23.1 Å². The van der Waals surface area contributed by atoms with Gasteiger partial charge in [0.15, 0.2) is 10.9 Å². The van der Waals surface area contributed by atoms with Crippen LogP contribution in [0.1, 0.15) is 44.7 Å². The minimum absolute atomic E-state index is 0.161. The molecular formula is C31H32F4N4O3S. The molecule has 7 nitrogen and oxygen atoms in total. The molecule has 0 fully saturated rings. The standard InChI is InChI=1S/C31H32F4N4O3S/c1-5-41-16-6-7-17-42-24-12-8-21(9-13-24)25-14-11-23(19-37-25)39(30(2,3)20-40)29(43)38(4)26-15-10-22(18-36)27(28(26)32)31(33,34)35/h8-15,19-20H,5-7,16-17H2,1-4H3. The van der Waals surface area contributed by atoms with Crippen molar-refractivity contribution < 1.29 is 31.8 Å². The number of pyridine rings is 1. The molecule has 0 aliphatic heterocycles. The minimum Gasteiger partial charge on any atom is -0.494 e. The van der Waals surface area contributed by atoms with Gasteiger partial charge >= 0.3 is 6.18 Å². The number of unbranched alkanes of at least 4 members (excludes halogenated alkanes) is 1. The molecule has 1 heterocycles. The first-order valence-electron chi connectivity index (χ1n) is 13.5. The second-order valence-corrected chi connectivity index (χ2v) is 10.4. The fourth-order valence-electron chi connectivity index (χ4n) is 4.24. The molecular weight excluding hydrogens is 584 g/mol. The van der Waals surface area contributed by atoms with Gasteiger partial charge in [-0.05, 0) is 94.4 Å². The Labute approximate surface area is 253 Å². The Bertz CT molecular complexity index is 1460. The molecule has 0 aliphatic rings. The summed E-state index contributed by atoms with van der Waals surface area (Å²) >= 11 is 5.57. The molecule has 0 saturated carbocycles. The molecule has 1 aromatic heterocycles. The Morgan fingerprint density at radius 2 is 1.74 bits per heavy atom. The van der Waals surface area contributed by atoms with Gasteiger partial charge in [0.1, 0.15) is 17.6 Å². The van der Waals surface area contributed by atoms with Crippen LogP contribution in [0.25, 0.3) is 11.3 Å². The van der Waals surface area contributed by atoms with Gasteiger partial charge in [0.05, 0.1) is 47.0 Å². The van der Waals surface area contributed by atoms with E-state index in [9.17, 15) is 18.0 Å². The summed E-state index contributed by atoms with van der Waals surface area (Å²) in [5.41, 5.74) is -2.56. The van der Waals surface area contributed by atoms with E-state index in [4.69, 9.17) is 27.0 Å². The van der Waals surface area contributed by atoms with Crippen molar-refractivity contribution in [3.63, 3.8) is 0 Å². The van der Waals surface area contributed by atoms with Crippen LogP contribution in [-0.4, -0.2) is 48.8 Å². The molecule has 3 rings (SSSR count). The number of aromatic nitrogens is 1. The third-order valence-corrected chi connectivity index (χ3v) is 7.00. The van der Waals surface area contributed by atoms with Crippen LogP contribution >= 0.6 is 12.2 Å². The molecule has 0 radical (unpaired) electrons. The van der Waals surface area contributed by atoms with Gasteiger partial charge in [-0.15, -0.1) is 0 Å². The Hall–Kier alpha value is -4.08. The van der Waals surface area contributed by atoms with Gasteiger partial charge < -0.3 is 24.1 Å². The number of anilines is 2. The first kappa shape index (κ1) is 33.4. The van der Waals surface area contributed by atoms with Crippen LogP contribution in [0.15, 0.2) is 54.7 Å². The van der Waals surface area contributed by atoms with Crippen molar-refractivity contribution in [1.29, 1.82) is 5.26 Å². The first-order chi connectivity index (χ1) is 20.3. The number of hydrogen-bond acceptors (Lipinski definition) is 6. The van der Waals surface area contributed by atoms with E-state index in [-0.39, 0.29) is 5.11 Å². The van der Waals surface area contributed by atoms with Crippen molar-refractivity contribution in [2.24, 2.45) is 0 Å². The maximum absolute atomic E-state index is 15.2. The first-order valence-corrected chi connectivity index (χ1v) is 13.9. The third-order valence-electron chi connectivity index (χ3n) is 6.54. The summed E-state index contributed by atoms with van der Waals surface area (Å²) in [5.74, 6) is -0.931. The highest BCUT2D eigenvalue weighted by molar-refractivity contribution is 7.80. The minimum atomic E-state index is -5.11. The van der Waals surface area contributed by atoms with Crippen LogP contribution in [0.3, 0.4) is 0 Å². The zero-order valence-corrected chi connectivity index (χ0v) is 25.1. The molecule has 0 atom stereocenters. The number of ether oxygens (including phenoxy) is 2. The molecule has 43 heavy (non-hydrogen) atoms. The molecule has 0 spiro atoms. The van der Waals surface area contributed by atoms with Gasteiger partial charge in [0.25, 0.3) is 0 Å². The highest BCUT2D eigenvalue weighted by atomic mass is 32.1. The highest BCUT2D eigenvalue weighted by Crippen LogP contribution is 2.38. The monoisotopic (exact) mass is 616 g/mol. The lowest BCUT2D eigenvalue weighted by Crippen LogP contribution is -2.54. The smallest absolute Gasteiger partial charge is 0.420 e. The Kier molecular flexibility index (Phi) is 11.2. The second kappa shape index (κ2) is 14.4. The number of alkyl halides is 3. The van der Waals surface area contributed by atoms with Gasteiger partial charge in [0, 0.05) is 25.8 Å². The molecule has 3 aromatic rings. The lowest BCUT2D eigenvalue weighted by atomic mass is 10.0. The molecule has 0 bridgehead atoms. The number of carbonyl (C=O) groups is 1. The highest BCUT2D eigenvalue weighted by Gasteiger charge is 2.40. The summed E-state index contributed by atoms with van der Waals surface area (Å²) in [5, 5.41) is 8.93. The van der Waals surface area contributed by atoms with Gasteiger partial charge in [-0.2, -0.15) is 18.4 Å². The zero-order chi connectivity index (χ0) is 31.8. The normalized spacial score (nSPS) is 11.5. The SMILES string of the molecule is CCOCCCCOc1ccc(-c2ccc(N(C(=S)N(C)c3ccc(C#N)c(C(F)(F)F)c3F)C(C)(C)C=O)cn2)cc1. The zero-order valence-electron chi connectivity index (χ0n) is 24.2. The number of thiocarbonyl (C=S) groups is 1. The third kappa shape index (κ3) is 8.06. The molecule has 0 amide bonds. The summed E-state index contributed by atoms with van der Waals surface area (Å²) in [6.07, 6.45) is -1.23. The largest absolute Gasteiger partial charge is 0.494 e. The number of nitriles is 1. The van der Waals surface area contributed by atoms with E-state index >= 15 is 4.39 Å². The number of rotatable bonds is 12. The summed E-state index contributed by atoms with van der Waals surface area (Å²) in [6.45, 7) is 7.03. The number of aldehydes is 1. The fourth-order valence-corrected chi connectivity index (χ4v) is 4.68. The predicted molar refractivity (Wildman–Crippen MR) is 161 cm³/mol. The van der Waals surface area contributed by atoms with E-state index in [1.54, 1.807) is 26.0 Å². The average molecular weight is 617 g/mol.